The standard InChI is InChI=1S/C13H11NO3S/c1-17-11-3-2-4-13(9-11)18-12-7-5-10(6-8-12)14(15)16/h2-9H,1H3. The summed E-state index contributed by atoms with van der Waals surface area (Å²) in [5, 5.41) is 10.5. The quantitative estimate of drug-likeness (QED) is 0.621. The van der Waals surface area contributed by atoms with Crippen LogP contribution in [0.2, 0.25) is 0 Å². The minimum atomic E-state index is -0.403. The lowest BCUT2D eigenvalue weighted by molar-refractivity contribution is -0.384. The molecule has 2 rings (SSSR count). The predicted octanol–water partition coefficient (Wildman–Crippen LogP) is 3.75. The molecule has 0 N–H and O–H groups in total. The molecule has 0 radical (unpaired) electrons. The molecular weight excluding hydrogens is 250 g/mol. The number of nitrogens with zero attached hydrogens (tertiary/aromatic N) is 1. The number of benzene rings is 2. The Bertz CT molecular complexity index is 554. The number of nitro groups is 1. The van der Waals surface area contributed by atoms with Crippen LogP contribution in [-0.4, -0.2) is 12.0 Å². The highest BCUT2D eigenvalue weighted by Gasteiger charge is 2.05. The topological polar surface area (TPSA) is 52.4 Å². The molecule has 0 fully saturated rings. The summed E-state index contributed by atoms with van der Waals surface area (Å²) in [6.45, 7) is 0. The second-order valence-electron chi connectivity index (χ2n) is 3.53. The van der Waals surface area contributed by atoms with Crippen molar-refractivity contribution in [1.29, 1.82) is 0 Å². The molecule has 18 heavy (non-hydrogen) atoms. The Morgan fingerprint density at radius 2 is 1.83 bits per heavy atom. The highest BCUT2D eigenvalue weighted by Crippen LogP contribution is 2.30. The normalized spacial score (nSPS) is 10.1. The minimum absolute atomic E-state index is 0.102. The van der Waals surface area contributed by atoms with Gasteiger partial charge in [0, 0.05) is 21.9 Å². The predicted molar refractivity (Wildman–Crippen MR) is 70.2 cm³/mol. The van der Waals surface area contributed by atoms with Crippen molar-refractivity contribution in [2.75, 3.05) is 7.11 Å². The van der Waals surface area contributed by atoms with Gasteiger partial charge in [0.2, 0.25) is 0 Å². The molecule has 92 valence electrons. The van der Waals surface area contributed by atoms with Gasteiger partial charge in [0.25, 0.3) is 5.69 Å². The summed E-state index contributed by atoms with van der Waals surface area (Å²) < 4.78 is 5.14. The van der Waals surface area contributed by atoms with Gasteiger partial charge < -0.3 is 4.74 Å². The van der Waals surface area contributed by atoms with Gasteiger partial charge in [0.05, 0.1) is 12.0 Å². The number of hydrogen-bond donors (Lipinski definition) is 0. The number of ether oxygens (including phenoxy) is 1. The fourth-order valence-electron chi connectivity index (χ4n) is 1.44. The van der Waals surface area contributed by atoms with Crippen LogP contribution in [0.1, 0.15) is 0 Å². The molecule has 0 amide bonds. The summed E-state index contributed by atoms with van der Waals surface area (Å²) >= 11 is 1.53. The Balaban J connectivity index is 2.15. The Labute approximate surface area is 109 Å². The minimum Gasteiger partial charge on any atom is -0.497 e. The first-order valence-corrected chi connectivity index (χ1v) is 6.07. The number of nitro benzene ring substituents is 1. The van der Waals surface area contributed by atoms with Crippen LogP contribution in [0.25, 0.3) is 0 Å². The number of non-ortho nitro benzene ring substituents is 1. The van der Waals surface area contributed by atoms with Crippen LogP contribution in [0.5, 0.6) is 5.75 Å². The molecule has 0 bridgehead atoms. The van der Waals surface area contributed by atoms with E-state index in [1.54, 1.807) is 19.2 Å². The third-order valence-corrected chi connectivity index (χ3v) is 3.32. The SMILES string of the molecule is COc1cccc(Sc2ccc([N+](=O)[O-])cc2)c1. The molecule has 0 aliphatic heterocycles. The van der Waals surface area contributed by atoms with Gasteiger partial charge >= 0.3 is 0 Å². The largest absolute Gasteiger partial charge is 0.497 e. The van der Waals surface area contributed by atoms with Gasteiger partial charge in [-0.1, -0.05) is 17.8 Å². The zero-order valence-corrected chi connectivity index (χ0v) is 10.5. The maximum Gasteiger partial charge on any atom is 0.269 e. The van der Waals surface area contributed by atoms with E-state index in [1.807, 2.05) is 24.3 Å². The third-order valence-electron chi connectivity index (χ3n) is 2.32. The van der Waals surface area contributed by atoms with Gasteiger partial charge in [-0.15, -0.1) is 0 Å². The number of rotatable bonds is 4. The van der Waals surface area contributed by atoms with E-state index < -0.39 is 4.92 Å². The zero-order valence-electron chi connectivity index (χ0n) is 9.70. The molecule has 0 aliphatic carbocycles. The molecule has 0 unspecified atom stereocenters. The molecule has 0 saturated carbocycles. The second kappa shape index (κ2) is 5.55. The summed E-state index contributed by atoms with van der Waals surface area (Å²) in [6.07, 6.45) is 0. The molecule has 0 aliphatic rings. The lowest BCUT2D eigenvalue weighted by atomic mass is 10.3. The van der Waals surface area contributed by atoms with Crippen molar-refractivity contribution < 1.29 is 9.66 Å². The fraction of sp³-hybridized carbons (Fsp3) is 0.0769. The van der Waals surface area contributed by atoms with Crippen molar-refractivity contribution in [2.24, 2.45) is 0 Å². The van der Waals surface area contributed by atoms with Crippen molar-refractivity contribution in [3.8, 4) is 5.75 Å². The van der Waals surface area contributed by atoms with Crippen LogP contribution < -0.4 is 4.74 Å². The highest BCUT2D eigenvalue weighted by atomic mass is 32.2. The van der Waals surface area contributed by atoms with E-state index in [0.717, 1.165) is 15.5 Å². The summed E-state index contributed by atoms with van der Waals surface area (Å²) in [6, 6.07) is 14.2. The monoisotopic (exact) mass is 261 g/mol. The van der Waals surface area contributed by atoms with Gasteiger partial charge in [0.15, 0.2) is 0 Å². The molecule has 2 aromatic rings. The van der Waals surface area contributed by atoms with Crippen molar-refractivity contribution in [2.45, 2.75) is 9.79 Å². The molecule has 0 heterocycles. The van der Waals surface area contributed by atoms with Gasteiger partial charge in [-0.25, -0.2) is 0 Å². The average molecular weight is 261 g/mol. The first-order valence-electron chi connectivity index (χ1n) is 5.25. The Morgan fingerprint density at radius 3 is 2.44 bits per heavy atom. The van der Waals surface area contributed by atoms with Crippen molar-refractivity contribution in [3.63, 3.8) is 0 Å². The lowest BCUT2D eigenvalue weighted by Gasteiger charge is -2.04. The third kappa shape index (κ3) is 3.01. The lowest BCUT2D eigenvalue weighted by Crippen LogP contribution is -1.86. The molecule has 4 nitrogen and oxygen atoms in total. The second-order valence-corrected chi connectivity index (χ2v) is 4.68. The Morgan fingerprint density at radius 1 is 1.11 bits per heavy atom. The maximum absolute atomic E-state index is 10.5. The summed E-state index contributed by atoms with van der Waals surface area (Å²) in [5.74, 6) is 0.793. The first-order chi connectivity index (χ1) is 8.69. The molecular formula is C13H11NO3S. The van der Waals surface area contributed by atoms with E-state index >= 15 is 0 Å². The molecule has 0 aromatic heterocycles. The van der Waals surface area contributed by atoms with Crippen LogP contribution in [-0.2, 0) is 0 Å². The Kier molecular flexibility index (Phi) is 3.84. The smallest absolute Gasteiger partial charge is 0.269 e. The van der Waals surface area contributed by atoms with Crippen LogP contribution >= 0.6 is 11.8 Å². The molecule has 5 heteroatoms. The van der Waals surface area contributed by atoms with Crippen LogP contribution in [0.3, 0.4) is 0 Å². The van der Waals surface area contributed by atoms with E-state index in [9.17, 15) is 10.1 Å². The van der Waals surface area contributed by atoms with E-state index in [0.29, 0.717) is 0 Å². The van der Waals surface area contributed by atoms with Gasteiger partial charge in [-0.05, 0) is 30.3 Å². The van der Waals surface area contributed by atoms with Crippen molar-refractivity contribution in [1.82, 2.24) is 0 Å². The molecule has 0 spiro atoms. The maximum atomic E-state index is 10.5. The molecule has 0 atom stereocenters. The molecule has 2 aromatic carbocycles. The van der Waals surface area contributed by atoms with E-state index in [-0.39, 0.29) is 5.69 Å². The fourth-order valence-corrected chi connectivity index (χ4v) is 2.30. The van der Waals surface area contributed by atoms with Crippen LogP contribution in [0.15, 0.2) is 58.3 Å². The first kappa shape index (κ1) is 12.4. The summed E-state index contributed by atoms with van der Waals surface area (Å²) in [5.41, 5.74) is 0.102. The van der Waals surface area contributed by atoms with Crippen molar-refractivity contribution in [3.05, 3.63) is 58.6 Å². The van der Waals surface area contributed by atoms with E-state index in [4.69, 9.17) is 4.74 Å². The summed E-state index contributed by atoms with van der Waals surface area (Å²) in [7, 11) is 1.62. The molecule has 0 saturated heterocycles. The van der Waals surface area contributed by atoms with Crippen LogP contribution in [0, 0.1) is 10.1 Å². The van der Waals surface area contributed by atoms with Gasteiger partial charge in [0.1, 0.15) is 5.75 Å². The van der Waals surface area contributed by atoms with Crippen LogP contribution in [0.4, 0.5) is 5.69 Å². The highest BCUT2D eigenvalue weighted by molar-refractivity contribution is 7.99. The Hall–Kier alpha value is -2.01. The van der Waals surface area contributed by atoms with Gasteiger partial charge in [-0.3, -0.25) is 10.1 Å². The number of hydrogen-bond acceptors (Lipinski definition) is 4. The zero-order chi connectivity index (χ0) is 13.0. The van der Waals surface area contributed by atoms with E-state index in [1.165, 1.54) is 23.9 Å². The number of methoxy groups -OCH3 is 1. The van der Waals surface area contributed by atoms with E-state index in [2.05, 4.69) is 0 Å². The average Bonchev–Trinajstić information content (AvgIpc) is 2.39. The summed E-state index contributed by atoms with van der Waals surface area (Å²) in [4.78, 5) is 12.1. The van der Waals surface area contributed by atoms with Gasteiger partial charge in [-0.2, -0.15) is 0 Å². The van der Waals surface area contributed by atoms with Crippen molar-refractivity contribution >= 4 is 17.4 Å².